The lowest BCUT2D eigenvalue weighted by Crippen LogP contribution is -2.32. The number of anilines is 1. The average molecular weight is 556 g/mol. The van der Waals surface area contributed by atoms with Crippen molar-refractivity contribution in [2.75, 3.05) is 4.72 Å². The second-order valence-corrected chi connectivity index (χ2v) is 11.5. The lowest BCUT2D eigenvalue weighted by atomic mass is 10.00. The minimum Gasteiger partial charge on any atom is -0.392 e. The fraction of sp³-hybridized carbons (Fsp3) is 0.194. The van der Waals surface area contributed by atoms with Crippen LogP contribution < -0.4 is 4.72 Å². The summed E-state index contributed by atoms with van der Waals surface area (Å²) in [4.78, 5) is 4.71. The van der Waals surface area contributed by atoms with Gasteiger partial charge in [-0.05, 0) is 47.5 Å². The van der Waals surface area contributed by atoms with E-state index in [1.165, 1.54) is 0 Å². The zero-order valence-corrected chi connectivity index (χ0v) is 22.4. The normalized spacial score (nSPS) is 19.5. The van der Waals surface area contributed by atoms with Crippen LogP contribution in [0.2, 0.25) is 0 Å². The van der Waals surface area contributed by atoms with Crippen molar-refractivity contribution in [3.63, 3.8) is 0 Å². The Bertz CT molecular complexity index is 1690. The summed E-state index contributed by atoms with van der Waals surface area (Å²) >= 11 is 0. The zero-order chi connectivity index (χ0) is 27.5. The molecule has 3 atom stereocenters. The van der Waals surface area contributed by atoms with Crippen LogP contribution in [0.1, 0.15) is 35.5 Å². The second-order valence-electron chi connectivity index (χ2n) is 9.78. The third-order valence-electron chi connectivity index (χ3n) is 7.03. The largest absolute Gasteiger partial charge is 0.392 e. The Morgan fingerprint density at radius 2 is 1.55 bits per heavy atom. The van der Waals surface area contributed by atoms with Crippen LogP contribution in [-0.2, 0) is 32.6 Å². The second kappa shape index (κ2) is 11.2. The van der Waals surface area contributed by atoms with Gasteiger partial charge in [-0.25, -0.2) is 13.4 Å². The number of aliphatic hydroxyl groups is 1. The summed E-state index contributed by atoms with van der Waals surface area (Å²) in [7, 11) is -3.70. The molecular formula is C31H29N3O5S. The first-order chi connectivity index (χ1) is 19.5. The van der Waals surface area contributed by atoms with Crippen molar-refractivity contribution in [1.82, 2.24) is 9.55 Å². The molecule has 8 nitrogen and oxygen atoms in total. The number of benzene rings is 4. The summed E-state index contributed by atoms with van der Waals surface area (Å²) in [5, 5.41) is 9.46. The van der Waals surface area contributed by atoms with Gasteiger partial charge in [0.1, 0.15) is 0 Å². The maximum atomic E-state index is 12.7. The van der Waals surface area contributed by atoms with E-state index < -0.39 is 16.3 Å². The van der Waals surface area contributed by atoms with Gasteiger partial charge >= 0.3 is 0 Å². The standard InChI is InChI=1S/C31H29N3O5S/c35-20-22-10-12-23(13-11-22)30-18-26(19-34-21-32-28-8-4-5-9-29(28)34)38-31(39-30)24-14-16-25(17-15-24)33-40(36,37)27-6-2-1-3-7-27/h1-17,21,26,30-31,33,35H,18-20H2. The SMILES string of the molecule is O=S(=O)(Nc1ccc(C2OC(Cn3cnc4ccccc43)CC(c3ccc(CO)cc3)O2)cc1)c1ccccc1. The molecule has 1 fully saturated rings. The molecule has 0 bridgehead atoms. The Labute approximate surface area is 232 Å². The van der Waals surface area contributed by atoms with Gasteiger partial charge in [-0.15, -0.1) is 0 Å². The molecule has 40 heavy (non-hydrogen) atoms. The van der Waals surface area contributed by atoms with Gasteiger partial charge in [0.25, 0.3) is 10.0 Å². The third kappa shape index (κ3) is 5.64. The molecule has 4 aromatic carbocycles. The number of aromatic nitrogens is 2. The Morgan fingerprint density at radius 1 is 0.850 bits per heavy atom. The lowest BCUT2D eigenvalue weighted by Gasteiger charge is -2.36. The van der Waals surface area contributed by atoms with E-state index in [1.807, 2.05) is 67.0 Å². The highest BCUT2D eigenvalue weighted by Crippen LogP contribution is 2.39. The van der Waals surface area contributed by atoms with Gasteiger partial charge in [0.2, 0.25) is 0 Å². The first-order valence-electron chi connectivity index (χ1n) is 13.1. The van der Waals surface area contributed by atoms with Crippen LogP contribution in [0.5, 0.6) is 0 Å². The highest BCUT2D eigenvalue weighted by molar-refractivity contribution is 7.92. The molecule has 0 amide bonds. The molecule has 1 aliphatic heterocycles. The van der Waals surface area contributed by atoms with Crippen molar-refractivity contribution in [2.45, 2.75) is 43.0 Å². The van der Waals surface area contributed by atoms with E-state index in [2.05, 4.69) is 14.3 Å². The molecule has 204 valence electrons. The molecule has 0 saturated carbocycles. The quantitative estimate of drug-likeness (QED) is 0.259. The van der Waals surface area contributed by atoms with E-state index in [1.54, 1.807) is 42.5 Å². The lowest BCUT2D eigenvalue weighted by molar-refractivity contribution is -0.252. The summed E-state index contributed by atoms with van der Waals surface area (Å²) in [6, 6.07) is 31.0. The number of sulfonamides is 1. The first kappa shape index (κ1) is 26.2. The molecule has 0 radical (unpaired) electrons. The summed E-state index contributed by atoms with van der Waals surface area (Å²) in [6.45, 7) is 0.578. The van der Waals surface area contributed by atoms with Crippen LogP contribution in [0.4, 0.5) is 5.69 Å². The highest BCUT2D eigenvalue weighted by atomic mass is 32.2. The number of nitrogens with zero attached hydrogens (tertiary/aromatic N) is 2. The van der Waals surface area contributed by atoms with Crippen molar-refractivity contribution >= 4 is 26.7 Å². The van der Waals surface area contributed by atoms with Crippen molar-refractivity contribution < 1.29 is 23.0 Å². The van der Waals surface area contributed by atoms with Crippen molar-refractivity contribution in [1.29, 1.82) is 0 Å². The zero-order valence-electron chi connectivity index (χ0n) is 21.6. The smallest absolute Gasteiger partial charge is 0.261 e. The number of imidazole rings is 1. The van der Waals surface area contributed by atoms with Crippen LogP contribution in [0, 0.1) is 0 Å². The molecule has 1 aromatic heterocycles. The van der Waals surface area contributed by atoms with Crippen LogP contribution in [-0.4, -0.2) is 29.2 Å². The number of ether oxygens (including phenoxy) is 2. The summed E-state index contributed by atoms with van der Waals surface area (Å²) in [5.74, 6) is 0. The molecule has 0 spiro atoms. The molecule has 6 rings (SSSR count). The van der Waals surface area contributed by atoms with Crippen molar-refractivity contribution in [3.05, 3.63) is 126 Å². The Kier molecular flexibility index (Phi) is 7.36. The number of aliphatic hydroxyl groups excluding tert-OH is 1. The van der Waals surface area contributed by atoms with E-state index in [9.17, 15) is 13.5 Å². The highest BCUT2D eigenvalue weighted by Gasteiger charge is 2.32. The van der Waals surface area contributed by atoms with Gasteiger partial charge in [-0.2, -0.15) is 0 Å². The average Bonchev–Trinajstić information content (AvgIpc) is 3.40. The van der Waals surface area contributed by atoms with E-state index >= 15 is 0 Å². The molecule has 5 aromatic rings. The number of rotatable bonds is 8. The van der Waals surface area contributed by atoms with Crippen LogP contribution >= 0.6 is 0 Å². The molecule has 2 heterocycles. The predicted molar refractivity (Wildman–Crippen MR) is 152 cm³/mol. The molecule has 9 heteroatoms. The van der Waals surface area contributed by atoms with Crippen molar-refractivity contribution in [2.24, 2.45) is 0 Å². The van der Waals surface area contributed by atoms with Gasteiger partial charge in [0.15, 0.2) is 6.29 Å². The van der Waals surface area contributed by atoms with Gasteiger partial charge < -0.3 is 19.1 Å². The predicted octanol–water partition coefficient (Wildman–Crippen LogP) is 5.58. The van der Waals surface area contributed by atoms with E-state index in [0.717, 1.165) is 27.7 Å². The monoisotopic (exact) mass is 555 g/mol. The maximum absolute atomic E-state index is 12.7. The Morgan fingerprint density at radius 3 is 2.30 bits per heavy atom. The number of hydrogen-bond acceptors (Lipinski definition) is 6. The molecule has 3 unspecified atom stereocenters. The number of fused-ring (bicyclic) bond motifs is 1. The summed E-state index contributed by atoms with van der Waals surface area (Å²) < 4.78 is 43.1. The van der Waals surface area contributed by atoms with Crippen LogP contribution in [0.3, 0.4) is 0 Å². The first-order valence-corrected chi connectivity index (χ1v) is 14.6. The Hall–Kier alpha value is -4.02. The number of nitrogens with one attached hydrogen (secondary N) is 1. The summed E-state index contributed by atoms with van der Waals surface area (Å²) in [6.07, 6.45) is 1.40. The minimum absolute atomic E-state index is 0.0196. The molecular weight excluding hydrogens is 526 g/mol. The fourth-order valence-corrected chi connectivity index (χ4v) is 6.01. The minimum atomic E-state index is -3.70. The molecule has 1 saturated heterocycles. The Balaban J connectivity index is 1.24. The number of para-hydroxylation sites is 2. The summed E-state index contributed by atoms with van der Waals surface area (Å²) in [5.41, 5.74) is 5.02. The van der Waals surface area contributed by atoms with Crippen LogP contribution in [0.15, 0.2) is 114 Å². The fourth-order valence-electron chi connectivity index (χ4n) is 4.93. The van der Waals surface area contributed by atoms with E-state index in [0.29, 0.717) is 18.7 Å². The van der Waals surface area contributed by atoms with E-state index in [-0.39, 0.29) is 23.7 Å². The number of hydrogen-bond donors (Lipinski definition) is 2. The van der Waals surface area contributed by atoms with Gasteiger partial charge in [-0.3, -0.25) is 4.72 Å². The van der Waals surface area contributed by atoms with E-state index in [4.69, 9.17) is 9.47 Å². The third-order valence-corrected chi connectivity index (χ3v) is 8.43. The molecule has 0 aliphatic carbocycles. The topological polar surface area (TPSA) is 103 Å². The van der Waals surface area contributed by atoms with Gasteiger partial charge in [-0.1, -0.05) is 66.7 Å². The van der Waals surface area contributed by atoms with Gasteiger partial charge in [0.05, 0.1) is 47.6 Å². The molecule has 1 aliphatic rings. The maximum Gasteiger partial charge on any atom is 0.261 e. The van der Waals surface area contributed by atoms with Crippen molar-refractivity contribution in [3.8, 4) is 0 Å². The van der Waals surface area contributed by atoms with Gasteiger partial charge in [0, 0.05) is 17.7 Å². The molecule has 2 N–H and O–H groups in total. The van der Waals surface area contributed by atoms with Crippen LogP contribution in [0.25, 0.3) is 11.0 Å².